The zero-order valence-corrected chi connectivity index (χ0v) is 14.9. The van der Waals surface area contributed by atoms with Crippen molar-refractivity contribution in [1.29, 1.82) is 0 Å². The predicted octanol–water partition coefficient (Wildman–Crippen LogP) is 2.18. The molecule has 0 aliphatic heterocycles. The molecular formula is C19H21NO6. The van der Waals surface area contributed by atoms with E-state index < -0.39 is 17.9 Å². The first-order valence-electron chi connectivity index (χ1n) is 8.07. The summed E-state index contributed by atoms with van der Waals surface area (Å²) in [5.74, 6) is -1.82. The molecule has 0 fully saturated rings. The van der Waals surface area contributed by atoms with E-state index in [1.54, 1.807) is 24.8 Å². The number of hydrogen-bond donors (Lipinski definition) is 0. The van der Waals surface area contributed by atoms with Gasteiger partial charge in [-0.15, -0.1) is 0 Å². The molecule has 26 heavy (non-hydrogen) atoms. The minimum absolute atomic E-state index is 0.135. The number of aromatic nitrogens is 1. The van der Waals surface area contributed by atoms with Crippen LogP contribution in [0.3, 0.4) is 0 Å². The summed E-state index contributed by atoms with van der Waals surface area (Å²) in [6.45, 7) is 2.15. The molecule has 0 saturated carbocycles. The molecular weight excluding hydrogens is 338 g/mol. The number of aldehydes is 1. The van der Waals surface area contributed by atoms with Crippen LogP contribution in [0, 0.1) is 0 Å². The average molecular weight is 359 g/mol. The van der Waals surface area contributed by atoms with Crippen LogP contribution in [0.5, 0.6) is 5.75 Å². The molecule has 0 spiro atoms. The quantitative estimate of drug-likeness (QED) is 0.408. The van der Waals surface area contributed by atoms with Gasteiger partial charge in [-0.25, -0.2) is 4.79 Å². The largest absolute Gasteiger partial charge is 0.497 e. The second-order valence-corrected chi connectivity index (χ2v) is 5.45. The topological polar surface area (TPSA) is 83.8 Å². The van der Waals surface area contributed by atoms with Gasteiger partial charge in [0.15, 0.2) is 5.92 Å². The fourth-order valence-corrected chi connectivity index (χ4v) is 2.64. The van der Waals surface area contributed by atoms with Gasteiger partial charge in [0, 0.05) is 12.7 Å². The van der Waals surface area contributed by atoms with Gasteiger partial charge in [-0.2, -0.15) is 0 Å². The summed E-state index contributed by atoms with van der Waals surface area (Å²) >= 11 is 0. The highest BCUT2D eigenvalue weighted by atomic mass is 16.5. The highest BCUT2D eigenvalue weighted by Gasteiger charge is 2.30. The predicted molar refractivity (Wildman–Crippen MR) is 93.3 cm³/mol. The van der Waals surface area contributed by atoms with Crippen molar-refractivity contribution in [2.75, 3.05) is 20.8 Å². The minimum Gasteiger partial charge on any atom is -0.497 e. The summed E-state index contributed by atoms with van der Waals surface area (Å²) in [4.78, 5) is 35.8. The van der Waals surface area contributed by atoms with Crippen LogP contribution < -0.4 is 4.74 Å². The highest BCUT2D eigenvalue weighted by Crippen LogP contribution is 2.24. The Morgan fingerprint density at radius 2 is 1.85 bits per heavy atom. The molecule has 1 unspecified atom stereocenters. The van der Waals surface area contributed by atoms with Gasteiger partial charge in [0.25, 0.3) is 0 Å². The Hall–Kier alpha value is -3.09. The Kier molecular flexibility index (Phi) is 6.54. The number of hydrogen-bond acceptors (Lipinski definition) is 6. The minimum atomic E-state index is -1.21. The van der Waals surface area contributed by atoms with Gasteiger partial charge in [0.05, 0.1) is 32.1 Å². The van der Waals surface area contributed by atoms with Gasteiger partial charge >= 0.3 is 11.9 Å². The molecule has 0 radical (unpaired) electrons. The van der Waals surface area contributed by atoms with Gasteiger partial charge in [0.2, 0.25) is 0 Å². The summed E-state index contributed by atoms with van der Waals surface area (Å²) in [7, 11) is 2.82. The summed E-state index contributed by atoms with van der Waals surface area (Å²) in [5, 5.41) is 0. The van der Waals surface area contributed by atoms with Crippen LogP contribution in [0.15, 0.2) is 36.5 Å². The number of rotatable bonds is 8. The summed E-state index contributed by atoms with van der Waals surface area (Å²) < 4.78 is 16.5. The van der Waals surface area contributed by atoms with E-state index in [2.05, 4.69) is 0 Å². The standard InChI is InChI=1S/C19H21NO6/c1-4-26-19(23)16(12-21)17-15(18(22)25-3)9-10-20(17)11-13-5-7-14(24-2)8-6-13/h5-10,12,16H,4,11H2,1-3H3. The second-order valence-electron chi connectivity index (χ2n) is 5.45. The molecule has 0 aliphatic rings. The molecule has 2 rings (SSSR count). The van der Waals surface area contributed by atoms with Crippen molar-refractivity contribution >= 4 is 18.2 Å². The fraction of sp³-hybridized carbons (Fsp3) is 0.316. The number of ether oxygens (including phenoxy) is 3. The molecule has 7 nitrogen and oxygen atoms in total. The Labute approximate surface area is 151 Å². The normalized spacial score (nSPS) is 11.5. The Balaban J connectivity index is 2.44. The number of carbonyl (C=O) groups is 3. The number of esters is 2. The Morgan fingerprint density at radius 3 is 2.38 bits per heavy atom. The van der Waals surface area contributed by atoms with E-state index in [1.807, 2.05) is 24.3 Å². The third-order valence-electron chi connectivity index (χ3n) is 3.90. The zero-order chi connectivity index (χ0) is 19.1. The van der Waals surface area contributed by atoms with Crippen molar-refractivity contribution in [3.8, 4) is 5.75 Å². The molecule has 0 aliphatic carbocycles. The lowest BCUT2D eigenvalue weighted by atomic mass is 10.0. The van der Waals surface area contributed by atoms with Crippen LogP contribution >= 0.6 is 0 Å². The molecule has 7 heteroatoms. The molecule has 0 saturated heterocycles. The van der Waals surface area contributed by atoms with Crippen molar-refractivity contribution in [2.24, 2.45) is 0 Å². The van der Waals surface area contributed by atoms with Crippen LogP contribution in [0.4, 0.5) is 0 Å². The molecule has 138 valence electrons. The summed E-state index contributed by atoms with van der Waals surface area (Å²) in [5.41, 5.74) is 1.32. The number of benzene rings is 1. The van der Waals surface area contributed by atoms with Gasteiger partial charge in [-0.1, -0.05) is 12.1 Å². The first kappa shape index (κ1) is 19.2. The van der Waals surface area contributed by atoms with Crippen molar-refractivity contribution < 1.29 is 28.6 Å². The summed E-state index contributed by atoms with van der Waals surface area (Å²) in [6.07, 6.45) is 2.12. The van der Waals surface area contributed by atoms with Gasteiger partial charge in [-0.3, -0.25) is 4.79 Å². The molecule has 1 heterocycles. The maximum absolute atomic E-state index is 12.2. The van der Waals surface area contributed by atoms with Crippen molar-refractivity contribution in [3.05, 3.63) is 53.3 Å². The van der Waals surface area contributed by atoms with Gasteiger partial charge in [-0.05, 0) is 30.7 Å². The van der Waals surface area contributed by atoms with Crippen molar-refractivity contribution in [3.63, 3.8) is 0 Å². The van der Waals surface area contributed by atoms with E-state index in [4.69, 9.17) is 14.2 Å². The maximum Gasteiger partial charge on any atom is 0.339 e. The lowest BCUT2D eigenvalue weighted by Gasteiger charge is -2.16. The Morgan fingerprint density at radius 1 is 1.15 bits per heavy atom. The van der Waals surface area contributed by atoms with E-state index in [1.165, 1.54) is 13.2 Å². The van der Waals surface area contributed by atoms with Crippen LogP contribution in [-0.2, 0) is 25.6 Å². The molecule has 2 aromatic rings. The zero-order valence-electron chi connectivity index (χ0n) is 14.9. The van der Waals surface area contributed by atoms with Gasteiger partial charge in [0.1, 0.15) is 12.0 Å². The SMILES string of the molecule is CCOC(=O)C(C=O)c1c(C(=O)OC)ccn1Cc1ccc(OC)cc1. The molecule has 0 amide bonds. The Bertz CT molecular complexity index is 778. The van der Waals surface area contributed by atoms with E-state index in [0.717, 1.165) is 5.56 Å². The van der Waals surface area contributed by atoms with E-state index in [9.17, 15) is 14.4 Å². The number of carbonyl (C=O) groups excluding carboxylic acids is 3. The number of nitrogens with zero attached hydrogens (tertiary/aromatic N) is 1. The number of methoxy groups -OCH3 is 2. The summed E-state index contributed by atoms with van der Waals surface area (Å²) in [6, 6.07) is 8.87. The van der Waals surface area contributed by atoms with Crippen molar-refractivity contribution in [1.82, 2.24) is 4.57 Å². The first-order valence-corrected chi connectivity index (χ1v) is 8.07. The maximum atomic E-state index is 12.2. The van der Waals surface area contributed by atoms with Crippen LogP contribution in [-0.4, -0.2) is 43.6 Å². The van der Waals surface area contributed by atoms with Gasteiger partial charge < -0.3 is 23.6 Å². The van der Waals surface area contributed by atoms with E-state index in [0.29, 0.717) is 18.6 Å². The van der Waals surface area contributed by atoms with Crippen LogP contribution in [0.1, 0.15) is 34.5 Å². The average Bonchev–Trinajstić information content (AvgIpc) is 3.06. The third-order valence-corrected chi connectivity index (χ3v) is 3.90. The molecule has 0 N–H and O–H groups in total. The monoisotopic (exact) mass is 359 g/mol. The smallest absolute Gasteiger partial charge is 0.339 e. The third kappa shape index (κ3) is 4.11. The fourth-order valence-electron chi connectivity index (χ4n) is 2.64. The van der Waals surface area contributed by atoms with Crippen LogP contribution in [0.2, 0.25) is 0 Å². The molecule has 1 atom stereocenters. The van der Waals surface area contributed by atoms with E-state index in [-0.39, 0.29) is 17.9 Å². The molecule has 1 aromatic carbocycles. The lowest BCUT2D eigenvalue weighted by molar-refractivity contribution is -0.146. The second kappa shape index (κ2) is 8.84. The highest BCUT2D eigenvalue weighted by molar-refractivity contribution is 5.99. The molecule has 0 bridgehead atoms. The first-order chi connectivity index (χ1) is 12.5. The van der Waals surface area contributed by atoms with E-state index >= 15 is 0 Å². The van der Waals surface area contributed by atoms with Crippen LogP contribution in [0.25, 0.3) is 0 Å². The van der Waals surface area contributed by atoms with Crippen molar-refractivity contribution in [2.45, 2.75) is 19.4 Å². The molecule has 1 aromatic heterocycles. The lowest BCUT2D eigenvalue weighted by Crippen LogP contribution is -2.23.